The predicted molar refractivity (Wildman–Crippen MR) is 75.9 cm³/mol. The van der Waals surface area contributed by atoms with Gasteiger partial charge < -0.3 is 10.0 Å². The van der Waals surface area contributed by atoms with Crippen molar-refractivity contribution in [2.75, 3.05) is 20.2 Å². The largest absolute Gasteiger partial charge is 0.396 e. The molecule has 1 aliphatic heterocycles. The van der Waals surface area contributed by atoms with Crippen molar-refractivity contribution in [3.8, 4) is 0 Å². The second kappa shape index (κ2) is 6.71. The van der Waals surface area contributed by atoms with E-state index in [2.05, 4.69) is 16.7 Å². The number of likely N-dealkylation sites (N-methyl/N-ethyl adjacent to an activating group) is 1. The molecule has 0 aromatic heterocycles. The molecular formula is C15H28N2O2. The maximum Gasteiger partial charge on any atom is 0.240 e. The van der Waals surface area contributed by atoms with E-state index in [0.29, 0.717) is 18.5 Å². The minimum Gasteiger partial charge on any atom is -0.396 e. The van der Waals surface area contributed by atoms with Crippen molar-refractivity contribution < 1.29 is 9.90 Å². The third kappa shape index (κ3) is 3.29. The molecule has 1 heterocycles. The molecule has 1 saturated heterocycles. The van der Waals surface area contributed by atoms with Crippen molar-refractivity contribution in [3.05, 3.63) is 0 Å². The summed E-state index contributed by atoms with van der Waals surface area (Å²) in [5.41, 5.74) is 0. The molecule has 2 fully saturated rings. The van der Waals surface area contributed by atoms with Crippen molar-refractivity contribution in [1.29, 1.82) is 0 Å². The summed E-state index contributed by atoms with van der Waals surface area (Å²) in [7, 11) is 2.02. The van der Waals surface area contributed by atoms with Gasteiger partial charge in [0.05, 0.1) is 6.04 Å². The van der Waals surface area contributed by atoms with Gasteiger partial charge >= 0.3 is 0 Å². The Kier molecular flexibility index (Phi) is 5.22. The summed E-state index contributed by atoms with van der Waals surface area (Å²) in [6.45, 7) is 3.16. The van der Waals surface area contributed by atoms with Gasteiger partial charge in [0, 0.05) is 25.2 Å². The quantitative estimate of drug-likeness (QED) is 0.846. The molecule has 0 bridgehead atoms. The molecule has 19 heavy (non-hydrogen) atoms. The van der Waals surface area contributed by atoms with Gasteiger partial charge in [-0.25, -0.2) is 0 Å². The average Bonchev–Trinajstić information content (AvgIpc) is 2.53. The fraction of sp³-hybridized carbons (Fsp3) is 0.933. The number of aliphatic hydroxyl groups is 1. The number of carbonyl (C=O) groups is 1. The van der Waals surface area contributed by atoms with Crippen LogP contribution in [-0.4, -0.2) is 59.1 Å². The maximum atomic E-state index is 12.8. The van der Waals surface area contributed by atoms with E-state index in [1.165, 1.54) is 19.3 Å². The molecular weight excluding hydrogens is 240 g/mol. The zero-order chi connectivity index (χ0) is 13.8. The van der Waals surface area contributed by atoms with E-state index in [4.69, 9.17) is 0 Å². The lowest BCUT2D eigenvalue weighted by atomic mass is 9.93. The lowest BCUT2D eigenvalue weighted by Crippen LogP contribution is -2.50. The summed E-state index contributed by atoms with van der Waals surface area (Å²) < 4.78 is 0. The van der Waals surface area contributed by atoms with Gasteiger partial charge in [-0.2, -0.15) is 0 Å². The number of amides is 1. The number of rotatable bonds is 3. The Morgan fingerprint density at radius 1 is 1.21 bits per heavy atom. The SMILES string of the molecule is CC1CCN(C2CCCCC2)C(=O)C(CCO)N1C. The molecule has 0 radical (unpaired) electrons. The van der Waals surface area contributed by atoms with Crippen LogP contribution in [0.15, 0.2) is 0 Å². The Balaban J connectivity index is 2.12. The molecule has 2 atom stereocenters. The Morgan fingerprint density at radius 3 is 2.53 bits per heavy atom. The molecule has 2 aliphatic rings. The summed E-state index contributed by atoms with van der Waals surface area (Å²) in [4.78, 5) is 17.0. The highest BCUT2D eigenvalue weighted by Crippen LogP contribution is 2.27. The van der Waals surface area contributed by atoms with Crippen molar-refractivity contribution in [2.24, 2.45) is 0 Å². The normalized spacial score (nSPS) is 31.5. The van der Waals surface area contributed by atoms with Crippen LogP contribution in [0.5, 0.6) is 0 Å². The Bertz CT molecular complexity index is 303. The van der Waals surface area contributed by atoms with Crippen molar-refractivity contribution in [3.63, 3.8) is 0 Å². The standard InChI is InChI=1S/C15H28N2O2/c1-12-8-10-17(13-6-4-3-5-7-13)15(19)14(9-11-18)16(12)2/h12-14,18H,3-11H2,1-2H3. The Labute approximate surface area is 116 Å². The second-order valence-corrected chi connectivity index (χ2v) is 6.15. The van der Waals surface area contributed by atoms with E-state index in [-0.39, 0.29) is 18.6 Å². The number of hydrogen-bond acceptors (Lipinski definition) is 3. The van der Waals surface area contributed by atoms with Gasteiger partial charge in [-0.3, -0.25) is 9.69 Å². The summed E-state index contributed by atoms with van der Waals surface area (Å²) in [5, 5.41) is 9.23. The van der Waals surface area contributed by atoms with Crippen LogP contribution in [0.2, 0.25) is 0 Å². The first-order chi connectivity index (χ1) is 9.15. The molecule has 1 aliphatic carbocycles. The molecule has 0 aromatic carbocycles. The van der Waals surface area contributed by atoms with Crippen molar-refractivity contribution in [2.45, 2.75) is 70.0 Å². The monoisotopic (exact) mass is 268 g/mol. The molecule has 2 unspecified atom stereocenters. The summed E-state index contributed by atoms with van der Waals surface area (Å²) >= 11 is 0. The molecule has 1 saturated carbocycles. The minimum absolute atomic E-state index is 0.0893. The van der Waals surface area contributed by atoms with Crippen LogP contribution in [0.3, 0.4) is 0 Å². The number of aliphatic hydroxyl groups excluding tert-OH is 1. The first-order valence-corrected chi connectivity index (χ1v) is 7.78. The Morgan fingerprint density at radius 2 is 1.89 bits per heavy atom. The molecule has 4 nitrogen and oxygen atoms in total. The smallest absolute Gasteiger partial charge is 0.240 e. The Hall–Kier alpha value is -0.610. The van der Waals surface area contributed by atoms with Gasteiger partial charge in [-0.1, -0.05) is 19.3 Å². The van der Waals surface area contributed by atoms with Crippen molar-refractivity contribution in [1.82, 2.24) is 9.80 Å². The van der Waals surface area contributed by atoms with E-state index in [1.807, 2.05) is 7.05 Å². The van der Waals surface area contributed by atoms with Crippen LogP contribution in [0.1, 0.15) is 51.9 Å². The lowest BCUT2D eigenvalue weighted by molar-refractivity contribution is -0.138. The fourth-order valence-electron chi connectivity index (χ4n) is 3.52. The highest BCUT2D eigenvalue weighted by molar-refractivity contribution is 5.82. The van der Waals surface area contributed by atoms with Crippen LogP contribution in [0.4, 0.5) is 0 Å². The van der Waals surface area contributed by atoms with E-state index >= 15 is 0 Å². The maximum absolute atomic E-state index is 12.8. The van der Waals surface area contributed by atoms with E-state index < -0.39 is 0 Å². The van der Waals surface area contributed by atoms with Crippen LogP contribution in [-0.2, 0) is 4.79 Å². The summed E-state index contributed by atoms with van der Waals surface area (Å²) in [5.74, 6) is 0.243. The van der Waals surface area contributed by atoms with E-state index in [9.17, 15) is 9.90 Å². The predicted octanol–water partition coefficient (Wildman–Crippen LogP) is 1.62. The number of nitrogens with zero attached hydrogens (tertiary/aromatic N) is 2. The van der Waals surface area contributed by atoms with Gasteiger partial charge in [0.15, 0.2) is 0 Å². The minimum atomic E-state index is -0.135. The lowest BCUT2D eigenvalue weighted by Gasteiger charge is -2.36. The van der Waals surface area contributed by atoms with Gasteiger partial charge in [-0.15, -0.1) is 0 Å². The molecule has 0 spiro atoms. The second-order valence-electron chi connectivity index (χ2n) is 6.15. The van der Waals surface area contributed by atoms with E-state index in [1.54, 1.807) is 0 Å². The highest BCUT2D eigenvalue weighted by atomic mass is 16.3. The molecule has 2 rings (SSSR count). The fourth-order valence-corrected chi connectivity index (χ4v) is 3.52. The molecule has 1 N–H and O–H groups in total. The number of carbonyl (C=O) groups excluding carboxylic acids is 1. The third-order valence-electron chi connectivity index (χ3n) is 4.96. The van der Waals surface area contributed by atoms with Gasteiger partial charge in [0.2, 0.25) is 5.91 Å². The van der Waals surface area contributed by atoms with Crippen LogP contribution in [0, 0.1) is 0 Å². The zero-order valence-electron chi connectivity index (χ0n) is 12.3. The summed E-state index contributed by atoms with van der Waals surface area (Å²) in [6.07, 6.45) is 7.75. The van der Waals surface area contributed by atoms with Gasteiger partial charge in [0.25, 0.3) is 0 Å². The highest BCUT2D eigenvalue weighted by Gasteiger charge is 2.36. The van der Waals surface area contributed by atoms with Crippen molar-refractivity contribution >= 4 is 5.91 Å². The van der Waals surface area contributed by atoms with Crippen LogP contribution >= 0.6 is 0 Å². The first-order valence-electron chi connectivity index (χ1n) is 7.78. The molecule has 1 amide bonds. The first kappa shape index (κ1) is 14.8. The van der Waals surface area contributed by atoms with Crippen LogP contribution < -0.4 is 0 Å². The van der Waals surface area contributed by atoms with Gasteiger partial charge in [-0.05, 0) is 39.7 Å². The van der Waals surface area contributed by atoms with Gasteiger partial charge in [0.1, 0.15) is 0 Å². The number of hydrogen-bond donors (Lipinski definition) is 1. The molecule has 4 heteroatoms. The molecule has 0 aromatic rings. The van der Waals surface area contributed by atoms with E-state index in [0.717, 1.165) is 25.8 Å². The van der Waals surface area contributed by atoms with Crippen LogP contribution in [0.25, 0.3) is 0 Å². The molecule has 110 valence electrons. The zero-order valence-corrected chi connectivity index (χ0v) is 12.3. The average molecular weight is 268 g/mol. The topological polar surface area (TPSA) is 43.8 Å². The third-order valence-corrected chi connectivity index (χ3v) is 4.96. The summed E-state index contributed by atoms with van der Waals surface area (Å²) in [6, 6.07) is 0.722.